The predicted molar refractivity (Wildman–Crippen MR) is 118 cm³/mol. The normalized spacial score (nSPS) is 11.4. The van der Waals surface area contributed by atoms with E-state index in [-0.39, 0.29) is 10.8 Å². The molecule has 0 aliphatic rings. The molecule has 0 saturated heterocycles. The van der Waals surface area contributed by atoms with Crippen LogP contribution in [-0.4, -0.2) is 30.4 Å². The fourth-order valence-electron chi connectivity index (χ4n) is 3.15. The molecule has 0 saturated carbocycles. The molecule has 0 bridgehead atoms. The first-order chi connectivity index (χ1) is 14.4. The highest BCUT2D eigenvalue weighted by atomic mass is 32.2. The van der Waals surface area contributed by atoms with Crippen molar-refractivity contribution >= 4 is 21.6 Å². The van der Waals surface area contributed by atoms with Crippen molar-refractivity contribution in [1.82, 2.24) is 14.3 Å². The number of nitrogens with one attached hydrogen (secondary N) is 2. The van der Waals surface area contributed by atoms with Gasteiger partial charge in [0.1, 0.15) is 5.82 Å². The summed E-state index contributed by atoms with van der Waals surface area (Å²) in [6.45, 7) is 4.43. The topological polar surface area (TPSA) is 93.1 Å². The standard InChI is InChI=1S/C22H26N4O3S/c1-3-21(27)25-19-10-11-20(17(2)16-19)30(28,29)24-12-7-14-26-15-13-23-22(26)18-8-5-4-6-9-18/h4-6,8-11,13,15-16,24H,3,7,12,14H2,1-2H3,(H,25,27). The molecular weight excluding hydrogens is 400 g/mol. The van der Waals surface area contributed by atoms with Crippen LogP contribution in [0.4, 0.5) is 5.69 Å². The predicted octanol–water partition coefficient (Wildman–Crippen LogP) is 3.58. The van der Waals surface area contributed by atoms with Crippen molar-refractivity contribution in [3.63, 3.8) is 0 Å². The van der Waals surface area contributed by atoms with Gasteiger partial charge in [-0.1, -0.05) is 37.3 Å². The van der Waals surface area contributed by atoms with Gasteiger partial charge in [-0.15, -0.1) is 0 Å². The van der Waals surface area contributed by atoms with Gasteiger partial charge in [-0.2, -0.15) is 0 Å². The Morgan fingerprint density at radius 1 is 1.13 bits per heavy atom. The van der Waals surface area contributed by atoms with Crippen LogP contribution in [0.1, 0.15) is 25.3 Å². The monoisotopic (exact) mass is 426 g/mol. The van der Waals surface area contributed by atoms with Gasteiger partial charge >= 0.3 is 0 Å². The van der Waals surface area contributed by atoms with E-state index in [9.17, 15) is 13.2 Å². The third-order valence-corrected chi connectivity index (χ3v) is 6.31. The average Bonchev–Trinajstić information content (AvgIpc) is 3.20. The van der Waals surface area contributed by atoms with Crippen LogP contribution >= 0.6 is 0 Å². The molecule has 1 heterocycles. The van der Waals surface area contributed by atoms with Crippen molar-refractivity contribution in [2.24, 2.45) is 0 Å². The Bertz CT molecular complexity index is 1110. The van der Waals surface area contributed by atoms with E-state index in [2.05, 4.69) is 15.0 Å². The molecule has 0 spiro atoms. The molecule has 0 aliphatic heterocycles. The molecule has 3 aromatic rings. The van der Waals surface area contributed by atoms with Crippen molar-refractivity contribution in [3.8, 4) is 11.4 Å². The number of benzene rings is 2. The van der Waals surface area contributed by atoms with Crippen molar-refractivity contribution in [3.05, 3.63) is 66.5 Å². The maximum absolute atomic E-state index is 12.7. The lowest BCUT2D eigenvalue weighted by atomic mass is 10.2. The Morgan fingerprint density at radius 2 is 1.90 bits per heavy atom. The summed E-state index contributed by atoms with van der Waals surface area (Å²) in [4.78, 5) is 16.1. The number of carbonyl (C=O) groups excluding carboxylic acids is 1. The zero-order valence-corrected chi connectivity index (χ0v) is 17.9. The van der Waals surface area contributed by atoms with Crippen molar-refractivity contribution < 1.29 is 13.2 Å². The quantitative estimate of drug-likeness (QED) is 0.512. The molecule has 2 N–H and O–H groups in total. The van der Waals surface area contributed by atoms with Crippen LogP contribution in [0.25, 0.3) is 11.4 Å². The minimum absolute atomic E-state index is 0.113. The molecule has 0 aliphatic carbocycles. The van der Waals surface area contributed by atoms with Crippen molar-refractivity contribution in [2.75, 3.05) is 11.9 Å². The third kappa shape index (κ3) is 5.34. The second-order valence-electron chi connectivity index (χ2n) is 6.94. The number of hydrogen-bond donors (Lipinski definition) is 2. The molecule has 0 fully saturated rings. The molecule has 1 aromatic heterocycles. The number of nitrogens with zero attached hydrogens (tertiary/aromatic N) is 2. The number of hydrogen-bond acceptors (Lipinski definition) is 4. The highest BCUT2D eigenvalue weighted by Gasteiger charge is 2.17. The molecule has 158 valence electrons. The van der Waals surface area contributed by atoms with Gasteiger partial charge < -0.3 is 9.88 Å². The molecule has 30 heavy (non-hydrogen) atoms. The van der Waals surface area contributed by atoms with Crippen LogP contribution in [0, 0.1) is 6.92 Å². The largest absolute Gasteiger partial charge is 0.331 e. The van der Waals surface area contributed by atoms with E-state index < -0.39 is 10.0 Å². The Balaban J connectivity index is 1.59. The molecule has 3 rings (SSSR count). The van der Waals surface area contributed by atoms with E-state index in [1.807, 2.05) is 41.1 Å². The van der Waals surface area contributed by atoms with Crippen molar-refractivity contribution in [1.29, 1.82) is 0 Å². The molecule has 8 heteroatoms. The summed E-state index contributed by atoms with van der Waals surface area (Å²) in [6, 6.07) is 14.7. The lowest BCUT2D eigenvalue weighted by molar-refractivity contribution is -0.115. The van der Waals surface area contributed by atoms with E-state index in [1.54, 1.807) is 32.2 Å². The first-order valence-corrected chi connectivity index (χ1v) is 11.4. The summed E-state index contributed by atoms with van der Waals surface area (Å²) in [5.74, 6) is 0.747. The Hall–Kier alpha value is -2.97. The Kier molecular flexibility index (Phi) is 7.02. The van der Waals surface area contributed by atoms with Crippen LogP contribution in [0.15, 0.2) is 65.8 Å². The minimum Gasteiger partial charge on any atom is -0.331 e. The second-order valence-corrected chi connectivity index (χ2v) is 8.68. The summed E-state index contributed by atoms with van der Waals surface area (Å²) >= 11 is 0. The number of aryl methyl sites for hydroxylation is 2. The summed E-state index contributed by atoms with van der Waals surface area (Å²) in [6.07, 6.45) is 4.63. The van der Waals surface area contributed by atoms with Crippen LogP contribution in [0.5, 0.6) is 0 Å². The average molecular weight is 427 g/mol. The van der Waals surface area contributed by atoms with Gasteiger partial charge in [-0.05, 0) is 37.1 Å². The van der Waals surface area contributed by atoms with E-state index in [0.717, 1.165) is 11.4 Å². The van der Waals surface area contributed by atoms with Crippen LogP contribution in [0.2, 0.25) is 0 Å². The molecule has 2 aromatic carbocycles. The number of imidazole rings is 1. The van der Waals surface area contributed by atoms with Crippen LogP contribution in [0.3, 0.4) is 0 Å². The molecule has 0 atom stereocenters. The van der Waals surface area contributed by atoms with Gasteiger partial charge in [-0.25, -0.2) is 18.1 Å². The maximum Gasteiger partial charge on any atom is 0.240 e. The minimum atomic E-state index is -3.63. The van der Waals surface area contributed by atoms with Crippen molar-refractivity contribution in [2.45, 2.75) is 38.1 Å². The summed E-state index contributed by atoms with van der Waals surface area (Å²) in [5, 5.41) is 2.73. The maximum atomic E-state index is 12.7. The number of amides is 1. The number of aromatic nitrogens is 2. The number of sulfonamides is 1. The van der Waals surface area contributed by atoms with Gasteiger partial charge in [0.2, 0.25) is 15.9 Å². The number of anilines is 1. The van der Waals surface area contributed by atoms with Gasteiger partial charge in [0.05, 0.1) is 4.90 Å². The first-order valence-electron chi connectivity index (χ1n) is 9.87. The van der Waals surface area contributed by atoms with E-state index in [1.165, 1.54) is 6.07 Å². The molecule has 7 nitrogen and oxygen atoms in total. The summed E-state index contributed by atoms with van der Waals surface area (Å²) in [7, 11) is -3.63. The fourth-order valence-corrected chi connectivity index (χ4v) is 4.45. The first kappa shape index (κ1) is 21.7. The van der Waals surface area contributed by atoms with Gasteiger partial charge in [0.15, 0.2) is 0 Å². The van der Waals surface area contributed by atoms with Gasteiger partial charge in [-0.3, -0.25) is 4.79 Å². The van der Waals surface area contributed by atoms with Crippen LogP contribution < -0.4 is 10.0 Å². The zero-order chi connectivity index (χ0) is 21.6. The smallest absolute Gasteiger partial charge is 0.240 e. The van der Waals surface area contributed by atoms with E-state index in [4.69, 9.17) is 0 Å². The zero-order valence-electron chi connectivity index (χ0n) is 17.1. The highest BCUT2D eigenvalue weighted by Crippen LogP contribution is 2.20. The molecule has 0 radical (unpaired) electrons. The van der Waals surface area contributed by atoms with E-state index in [0.29, 0.717) is 37.2 Å². The lowest BCUT2D eigenvalue weighted by Crippen LogP contribution is -2.26. The summed E-state index contributed by atoms with van der Waals surface area (Å²) < 4.78 is 30.0. The Morgan fingerprint density at radius 3 is 2.60 bits per heavy atom. The lowest BCUT2D eigenvalue weighted by Gasteiger charge is -2.12. The molecular formula is C22H26N4O3S. The van der Waals surface area contributed by atoms with E-state index >= 15 is 0 Å². The number of carbonyl (C=O) groups is 1. The Labute approximate surface area is 177 Å². The summed E-state index contributed by atoms with van der Waals surface area (Å²) in [5.41, 5.74) is 2.19. The molecule has 1 amide bonds. The SMILES string of the molecule is CCC(=O)Nc1ccc(S(=O)(=O)NCCCn2ccnc2-c2ccccc2)c(C)c1. The molecule has 0 unspecified atom stereocenters. The number of rotatable bonds is 9. The van der Waals surface area contributed by atoms with Gasteiger partial charge in [0, 0.05) is 43.2 Å². The highest BCUT2D eigenvalue weighted by molar-refractivity contribution is 7.89. The van der Waals surface area contributed by atoms with Gasteiger partial charge in [0.25, 0.3) is 0 Å². The second kappa shape index (κ2) is 9.69. The third-order valence-electron chi connectivity index (χ3n) is 4.68. The van der Waals surface area contributed by atoms with Crippen LogP contribution in [-0.2, 0) is 21.4 Å². The fraction of sp³-hybridized carbons (Fsp3) is 0.273.